The van der Waals surface area contributed by atoms with Crippen LogP contribution in [0.25, 0.3) is 0 Å². The minimum Gasteiger partial charge on any atom is -0.756 e. The number of hydrogen-bond donors (Lipinski definition) is 0. The van der Waals surface area contributed by atoms with Gasteiger partial charge >= 0.3 is 11.9 Å². The molecule has 0 fully saturated rings. The lowest BCUT2D eigenvalue weighted by Crippen LogP contribution is -2.37. The minimum atomic E-state index is -4.65. The highest BCUT2D eigenvalue weighted by Crippen LogP contribution is 2.38. The van der Waals surface area contributed by atoms with Crippen molar-refractivity contribution >= 4 is 19.8 Å². The number of esters is 2. The molecule has 522 valence electrons. The highest BCUT2D eigenvalue weighted by Gasteiger charge is 2.22. The second-order valence-corrected chi connectivity index (χ2v) is 28.1. The number of nitrogens with zero attached hydrogens (tertiary/aromatic N) is 1. The smallest absolute Gasteiger partial charge is 0.306 e. The predicted octanol–water partition coefficient (Wildman–Crippen LogP) is 24.4. The van der Waals surface area contributed by atoms with Crippen molar-refractivity contribution in [2.75, 3.05) is 47.5 Å². The molecule has 2 atom stereocenters. The maximum absolute atomic E-state index is 12.9. The maximum Gasteiger partial charge on any atom is 0.306 e. The first kappa shape index (κ1) is 86.9. The zero-order valence-electron chi connectivity index (χ0n) is 59.6. The van der Waals surface area contributed by atoms with Gasteiger partial charge in [0.05, 0.1) is 27.7 Å². The fraction of sp³-hybridized carbons (Fsp3) is 0.775. The number of phosphoric ester groups is 1. The van der Waals surface area contributed by atoms with Crippen molar-refractivity contribution < 1.29 is 42.1 Å². The molecule has 0 saturated heterocycles. The van der Waals surface area contributed by atoms with E-state index in [1.807, 2.05) is 21.1 Å². The minimum absolute atomic E-state index is 0.0325. The molecule has 0 amide bonds. The molecule has 0 aliphatic carbocycles. The number of likely N-dealkylation sites (N-methyl/N-ethyl adjacent to an activating group) is 1. The largest absolute Gasteiger partial charge is 0.756 e. The van der Waals surface area contributed by atoms with E-state index in [1.54, 1.807) is 0 Å². The number of phosphoric acid groups is 1. The Hall–Kier alpha value is -3.07. The Bertz CT molecular complexity index is 1840. The Morgan fingerprint density at radius 1 is 0.356 bits per heavy atom. The van der Waals surface area contributed by atoms with Crippen molar-refractivity contribution in [3.8, 4) is 0 Å². The molecule has 2 unspecified atom stereocenters. The molecule has 0 bridgehead atoms. The Morgan fingerprint density at radius 2 is 0.633 bits per heavy atom. The molecule has 0 aliphatic rings. The number of carbonyl (C=O) groups is 2. The van der Waals surface area contributed by atoms with Gasteiger partial charge in [-0.2, -0.15) is 0 Å². The van der Waals surface area contributed by atoms with Crippen LogP contribution in [0.4, 0.5) is 0 Å². The third-order valence-corrected chi connectivity index (χ3v) is 17.6. The summed E-state index contributed by atoms with van der Waals surface area (Å²) in [7, 11) is 1.17. The fourth-order valence-electron chi connectivity index (χ4n) is 10.9. The Morgan fingerprint density at radius 3 is 0.944 bits per heavy atom. The van der Waals surface area contributed by atoms with Gasteiger partial charge in [0.15, 0.2) is 6.10 Å². The average Bonchev–Trinajstić information content (AvgIpc) is 3.58. The van der Waals surface area contributed by atoms with Crippen LogP contribution in [0.15, 0.2) is 97.2 Å². The van der Waals surface area contributed by atoms with Crippen LogP contribution in [0.2, 0.25) is 0 Å². The monoisotopic (exact) mass is 1280 g/mol. The normalized spacial score (nSPS) is 13.6. The molecule has 0 rings (SSSR count). The summed E-state index contributed by atoms with van der Waals surface area (Å²) in [4.78, 5) is 38.1. The van der Waals surface area contributed by atoms with E-state index in [2.05, 4.69) is 111 Å². The van der Waals surface area contributed by atoms with Crippen molar-refractivity contribution in [1.82, 2.24) is 0 Å². The quantitative estimate of drug-likeness (QED) is 0.0195. The van der Waals surface area contributed by atoms with Crippen LogP contribution >= 0.6 is 7.82 Å². The summed E-state index contributed by atoms with van der Waals surface area (Å²) in [5.41, 5.74) is 0. The third-order valence-electron chi connectivity index (χ3n) is 16.6. The third kappa shape index (κ3) is 74.0. The molecule has 0 aromatic carbocycles. The zero-order chi connectivity index (χ0) is 65.5. The number of rotatable bonds is 70. The lowest BCUT2D eigenvalue weighted by atomic mass is 10.0. The molecule has 9 nitrogen and oxygen atoms in total. The molecule has 0 radical (unpaired) electrons. The van der Waals surface area contributed by atoms with E-state index >= 15 is 0 Å². The van der Waals surface area contributed by atoms with Gasteiger partial charge in [-0.05, 0) is 77.0 Å². The number of unbranched alkanes of at least 4 members (excludes halogenated alkanes) is 40. The molecule has 0 aliphatic heterocycles. The van der Waals surface area contributed by atoms with E-state index in [0.717, 1.165) is 89.9 Å². The van der Waals surface area contributed by atoms with Crippen LogP contribution in [-0.4, -0.2) is 70.0 Å². The van der Waals surface area contributed by atoms with Gasteiger partial charge in [-0.1, -0.05) is 355 Å². The average molecular weight is 1280 g/mol. The number of quaternary nitrogens is 1. The summed E-state index contributed by atoms with van der Waals surface area (Å²) in [6, 6.07) is 0. The summed E-state index contributed by atoms with van der Waals surface area (Å²) >= 11 is 0. The predicted molar refractivity (Wildman–Crippen MR) is 388 cm³/mol. The van der Waals surface area contributed by atoms with Crippen molar-refractivity contribution in [3.05, 3.63) is 97.2 Å². The number of carbonyl (C=O) groups excluding carboxylic acids is 2. The van der Waals surface area contributed by atoms with Gasteiger partial charge in [0.25, 0.3) is 7.82 Å². The lowest BCUT2D eigenvalue weighted by molar-refractivity contribution is -0.870. The Kier molecular flexibility index (Phi) is 67.9. The van der Waals surface area contributed by atoms with Gasteiger partial charge in [0, 0.05) is 12.8 Å². The second-order valence-electron chi connectivity index (χ2n) is 26.6. The number of allylic oxidation sites excluding steroid dienone is 16. The first-order chi connectivity index (χ1) is 44.0. The molecule has 0 N–H and O–H groups in total. The zero-order valence-corrected chi connectivity index (χ0v) is 60.5. The van der Waals surface area contributed by atoms with Crippen molar-refractivity contribution in [2.45, 2.75) is 354 Å². The molecule has 0 aromatic heterocycles. The van der Waals surface area contributed by atoms with Gasteiger partial charge in [-0.3, -0.25) is 14.2 Å². The maximum atomic E-state index is 12.9. The number of ether oxygens (including phenoxy) is 2. The molecule has 0 spiro atoms. The molecule has 10 heteroatoms. The topological polar surface area (TPSA) is 111 Å². The lowest BCUT2D eigenvalue weighted by Gasteiger charge is -2.28. The highest BCUT2D eigenvalue weighted by atomic mass is 31.2. The van der Waals surface area contributed by atoms with E-state index in [-0.39, 0.29) is 32.0 Å². The van der Waals surface area contributed by atoms with Gasteiger partial charge in [0.2, 0.25) is 0 Å². The van der Waals surface area contributed by atoms with Crippen molar-refractivity contribution in [3.63, 3.8) is 0 Å². The van der Waals surface area contributed by atoms with Gasteiger partial charge in [0.1, 0.15) is 19.8 Å². The SMILES string of the molecule is CC/C=C\C/C=C\C/C=C\C/C=C\C/C=C\C/C=C\C/C=C\C/C=C\CCCCCCCCCCCCCCC(=O)OC(COC(=O)CCCCCCCCCCCCCCCCCCCCCCCCCCCCCCC)COP(=O)([O-])OCC[N+](C)(C)C. The van der Waals surface area contributed by atoms with Gasteiger partial charge < -0.3 is 27.9 Å². The fourth-order valence-corrected chi connectivity index (χ4v) is 11.6. The standard InChI is InChI=1S/C80H144NO8P/c1-6-8-10-12-14-16-18-20-22-24-26-28-30-32-34-36-37-38-39-40-41-42-43-45-47-49-51-53-55-57-59-61-63-65-67-69-71-73-80(83)89-78(77-88-90(84,85)87-75-74-81(3,4)5)76-86-79(82)72-70-68-66-64-62-60-58-56-54-52-50-48-46-44-35-33-31-29-27-25-23-21-19-17-15-13-11-9-7-2/h8,10,14,16,20,22,26,28,32,34,37-38,40-41,43,45,78H,6-7,9,11-13,15,17-19,21,23-25,27,29-31,33,35-36,39,42,44,46-77H2,1-5H3/b10-8-,16-14-,22-20-,28-26-,34-32-,38-37-,41-40-,45-43-. The van der Waals surface area contributed by atoms with Crippen molar-refractivity contribution in [1.29, 1.82) is 0 Å². The molecular formula is C80H144NO8P. The number of hydrogen-bond acceptors (Lipinski definition) is 8. The van der Waals surface area contributed by atoms with Crippen LogP contribution < -0.4 is 4.89 Å². The van der Waals surface area contributed by atoms with Crippen LogP contribution in [0.5, 0.6) is 0 Å². The van der Waals surface area contributed by atoms with E-state index < -0.39 is 26.5 Å². The summed E-state index contributed by atoms with van der Waals surface area (Å²) in [6.07, 6.45) is 97.9. The first-order valence-corrected chi connectivity index (χ1v) is 39.4. The van der Waals surface area contributed by atoms with E-state index in [1.165, 1.54) is 225 Å². The van der Waals surface area contributed by atoms with Crippen LogP contribution in [0, 0.1) is 0 Å². The van der Waals surface area contributed by atoms with Crippen LogP contribution in [0.3, 0.4) is 0 Å². The highest BCUT2D eigenvalue weighted by molar-refractivity contribution is 7.45. The molecule has 0 saturated carbocycles. The van der Waals surface area contributed by atoms with E-state index in [0.29, 0.717) is 17.4 Å². The molecule has 0 aromatic rings. The van der Waals surface area contributed by atoms with Gasteiger partial charge in [-0.25, -0.2) is 0 Å². The molecule has 0 heterocycles. The first-order valence-electron chi connectivity index (χ1n) is 37.9. The van der Waals surface area contributed by atoms with Crippen molar-refractivity contribution in [2.24, 2.45) is 0 Å². The summed E-state index contributed by atoms with van der Waals surface area (Å²) < 4.78 is 34.4. The van der Waals surface area contributed by atoms with E-state index in [4.69, 9.17) is 18.5 Å². The Balaban J connectivity index is 4.01. The summed E-state index contributed by atoms with van der Waals surface area (Å²) in [5, 5.41) is 0. The summed E-state index contributed by atoms with van der Waals surface area (Å²) in [6.45, 7) is 4.17. The molecule has 90 heavy (non-hydrogen) atoms. The molecular weight excluding hydrogens is 1130 g/mol. The van der Waals surface area contributed by atoms with E-state index in [9.17, 15) is 19.0 Å². The van der Waals surface area contributed by atoms with Crippen LogP contribution in [0.1, 0.15) is 348 Å². The second kappa shape index (κ2) is 70.3. The Labute approximate surface area is 557 Å². The summed E-state index contributed by atoms with van der Waals surface area (Å²) in [5.74, 6) is -0.823. The van der Waals surface area contributed by atoms with Crippen LogP contribution in [-0.2, 0) is 32.7 Å². The van der Waals surface area contributed by atoms with Gasteiger partial charge in [-0.15, -0.1) is 0 Å².